The number of hydrogen-bond donors (Lipinski definition) is 1. The Labute approximate surface area is 170 Å². The zero-order valence-corrected chi connectivity index (χ0v) is 16.3. The van der Waals surface area contributed by atoms with Crippen molar-refractivity contribution in [3.05, 3.63) is 64.1 Å². The van der Waals surface area contributed by atoms with Crippen LogP contribution in [-0.4, -0.2) is 23.5 Å². The van der Waals surface area contributed by atoms with Crippen LogP contribution in [0.3, 0.4) is 0 Å². The van der Waals surface area contributed by atoms with Crippen LogP contribution in [0.25, 0.3) is 6.08 Å². The van der Waals surface area contributed by atoms with Gasteiger partial charge in [0.1, 0.15) is 17.9 Å². The summed E-state index contributed by atoms with van der Waals surface area (Å²) in [6.45, 7) is 0.0676. The quantitative estimate of drug-likeness (QED) is 0.343. The fraction of sp³-hybridized carbons (Fsp3) is 0.0500. The minimum Gasteiger partial charge on any atom is -0.480 e. The number of ether oxygens (including phenoxy) is 1. The summed E-state index contributed by atoms with van der Waals surface area (Å²) in [5.41, 5.74) is 1.05. The molecule has 2 aromatic rings. The number of carbonyl (C=O) groups excluding carboxylic acids is 2. The van der Waals surface area contributed by atoms with Crippen LogP contribution in [0.1, 0.15) is 5.56 Å². The van der Waals surface area contributed by atoms with Crippen LogP contribution >= 0.6 is 28.1 Å². The minimum atomic E-state index is -0.569. The van der Waals surface area contributed by atoms with Crippen molar-refractivity contribution >= 4 is 56.8 Å². The van der Waals surface area contributed by atoms with E-state index in [0.717, 1.165) is 4.47 Å². The monoisotopic (exact) mass is 440 g/mol. The number of para-hydroxylation sites is 1. The maximum absolute atomic E-state index is 13.0. The number of carbonyl (C=O) groups is 2. The lowest BCUT2D eigenvalue weighted by molar-refractivity contribution is -0.122. The predicted molar refractivity (Wildman–Crippen MR) is 111 cm³/mol. The lowest BCUT2D eigenvalue weighted by Gasteiger charge is -2.29. The number of thiocarbonyl (C=S) groups is 1. The number of amides is 2. The van der Waals surface area contributed by atoms with E-state index in [2.05, 4.69) is 27.2 Å². The molecule has 0 atom stereocenters. The number of rotatable bonds is 4. The van der Waals surface area contributed by atoms with Crippen LogP contribution in [-0.2, 0) is 9.59 Å². The maximum atomic E-state index is 13.0. The van der Waals surface area contributed by atoms with Crippen LogP contribution < -0.4 is 15.0 Å². The fourth-order valence-corrected chi connectivity index (χ4v) is 3.17. The highest BCUT2D eigenvalue weighted by molar-refractivity contribution is 9.10. The molecule has 1 N–H and O–H groups in total. The van der Waals surface area contributed by atoms with Gasteiger partial charge in [-0.2, -0.15) is 0 Å². The van der Waals surface area contributed by atoms with Gasteiger partial charge < -0.3 is 4.74 Å². The molecule has 1 saturated heterocycles. The van der Waals surface area contributed by atoms with E-state index in [1.165, 1.54) is 11.0 Å². The molecule has 1 fully saturated rings. The Bertz CT molecular complexity index is 996. The number of terminal acetylenes is 1. The van der Waals surface area contributed by atoms with Gasteiger partial charge in [-0.15, -0.1) is 6.42 Å². The first-order valence-corrected chi connectivity index (χ1v) is 9.03. The van der Waals surface area contributed by atoms with Gasteiger partial charge in [0.2, 0.25) is 0 Å². The summed E-state index contributed by atoms with van der Waals surface area (Å²) in [6.07, 6.45) is 6.71. The average molecular weight is 441 g/mol. The number of nitrogens with one attached hydrogen (secondary N) is 1. The third-order valence-electron chi connectivity index (χ3n) is 3.70. The first-order chi connectivity index (χ1) is 13.0. The van der Waals surface area contributed by atoms with Gasteiger partial charge >= 0.3 is 0 Å². The van der Waals surface area contributed by atoms with Gasteiger partial charge in [0.15, 0.2) is 5.11 Å². The average Bonchev–Trinajstić information content (AvgIpc) is 2.65. The van der Waals surface area contributed by atoms with E-state index in [0.29, 0.717) is 17.0 Å². The highest BCUT2D eigenvalue weighted by atomic mass is 79.9. The maximum Gasteiger partial charge on any atom is 0.270 e. The minimum absolute atomic E-state index is 0.0337. The van der Waals surface area contributed by atoms with Crippen molar-refractivity contribution in [2.45, 2.75) is 0 Å². The molecule has 134 valence electrons. The molecule has 0 spiro atoms. The number of halogens is 1. The molecule has 5 nitrogen and oxygen atoms in total. The topological polar surface area (TPSA) is 58.6 Å². The van der Waals surface area contributed by atoms with E-state index in [1.54, 1.807) is 42.5 Å². The van der Waals surface area contributed by atoms with Crippen molar-refractivity contribution in [1.82, 2.24) is 5.32 Å². The smallest absolute Gasteiger partial charge is 0.270 e. The summed E-state index contributed by atoms with van der Waals surface area (Å²) in [5.74, 6) is 1.76. The van der Waals surface area contributed by atoms with Crippen LogP contribution in [0.5, 0.6) is 5.75 Å². The van der Waals surface area contributed by atoms with Gasteiger partial charge in [0, 0.05) is 10.0 Å². The Balaban J connectivity index is 2.04. The highest BCUT2D eigenvalue weighted by Gasteiger charge is 2.34. The van der Waals surface area contributed by atoms with Gasteiger partial charge in [0.25, 0.3) is 11.8 Å². The van der Waals surface area contributed by atoms with E-state index >= 15 is 0 Å². The SMILES string of the molecule is C#CCOc1ccc(Br)cc1/C=C1\C(=O)NC(=S)N(c2ccccc2)C1=O. The molecule has 7 heteroatoms. The van der Waals surface area contributed by atoms with Gasteiger partial charge in [-0.3, -0.25) is 19.8 Å². The van der Waals surface area contributed by atoms with E-state index in [4.69, 9.17) is 23.4 Å². The van der Waals surface area contributed by atoms with Crippen molar-refractivity contribution in [3.63, 3.8) is 0 Å². The van der Waals surface area contributed by atoms with Crippen LogP contribution in [0.4, 0.5) is 5.69 Å². The highest BCUT2D eigenvalue weighted by Crippen LogP contribution is 2.28. The van der Waals surface area contributed by atoms with Crippen molar-refractivity contribution in [2.75, 3.05) is 11.5 Å². The summed E-state index contributed by atoms with van der Waals surface area (Å²) in [4.78, 5) is 26.7. The number of hydrogen-bond acceptors (Lipinski definition) is 4. The molecular weight excluding hydrogens is 428 g/mol. The van der Waals surface area contributed by atoms with Crippen molar-refractivity contribution in [2.24, 2.45) is 0 Å². The molecule has 2 aromatic carbocycles. The first-order valence-electron chi connectivity index (χ1n) is 7.83. The van der Waals surface area contributed by atoms with Crippen LogP contribution in [0, 0.1) is 12.3 Å². The summed E-state index contributed by atoms with van der Waals surface area (Å²) in [5, 5.41) is 2.58. The second-order valence-corrected chi connectivity index (χ2v) is 6.77. The molecule has 27 heavy (non-hydrogen) atoms. The molecule has 1 aliphatic rings. The van der Waals surface area contributed by atoms with E-state index in [9.17, 15) is 9.59 Å². The van der Waals surface area contributed by atoms with Gasteiger partial charge in [-0.05, 0) is 48.6 Å². The van der Waals surface area contributed by atoms with E-state index in [-0.39, 0.29) is 17.3 Å². The fourth-order valence-electron chi connectivity index (χ4n) is 2.51. The molecule has 0 unspecified atom stereocenters. The molecule has 3 rings (SSSR count). The third kappa shape index (κ3) is 4.08. The zero-order chi connectivity index (χ0) is 19.4. The molecule has 2 amide bonds. The molecule has 0 aromatic heterocycles. The van der Waals surface area contributed by atoms with Gasteiger partial charge in [-0.25, -0.2) is 0 Å². The largest absolute Gasteiger partial charge is 0.480 e. The predicted octanol–water partition coefficient (Wildman–Crippen LogP) is 3.29. The molecule has 1 heterocycles. The van der Waals surface area contributed by atoms with Gasteiger partial charge in [0.05, 0.1) is 5.69 Å². The molecule has 0 bridgehead atoms. The third-order valence-corrected chi connectivity index (χ3v) is 4.48. The number of nitrogens with zero attached hydrogens (tertiary/aromatic N) is 1. The lowest BCUT2D eigenvalue weighted by Crippen LogP contribution is -2.54. The summed E-state index contributed by atoms with van der Waals surface area (Å²) in [7, 11) is 0. The second kappa shape index (κ2) is 8.16. The summed E-state index contributed by atoms with van der Waals surface area (Å²) >= 11 is 8.55. The molecule has 0 radical (unpaired) electrons. The van der Waals surface area contributed by atoms with Crippen molar-refractivity contribution < 1.29 is 14.3 Å². The summed E-state index contributed by atoms with van der Waals surface area (Å²) in [6, 6.07) is 14.1. The van der Waals surface area contributed by atoms with Crippen molar-refractivity contribution in [1.29, 1.82) is 0 Å². The number of anilines is 1. The Morgan fingerprint density at radius 2 is 1.96 bits per heavy atom. The number of benzene rings is 2. The van der Waals surface area contributed by atoms with Crippen molar-refractivity contribution in [3.8, 4) is 18.1 Å². The Morgan fingerprint density at radius 3 is 2.67 bits per heavy atom. The normalized spacial score (nSPS) is 15.5. The van der Waals surface area contributed by atoms with Crippen LogP contribution in [0.2, 0.25) is 0 Å². The lowest BCUT2D eigenvalue weighted by atomic mass is 10.1. The Morgan fingerprint density at radius 1 is 1.22 bits per heavy atom. The van der Waals surface area contributed by atoms with Gasteiger partial charge in [-0.1, -0.05) is 40.0 Å². The standard InChI is InChI=1S/C20H13BrN2O3S/c1-2-10-26-17-9-8-14(21)11-13(17)12-16-18(24)22-20(27)23(19(16)25)15-6-4-3-5-7-15/h1,3-9,11-12H,10H2,(H,22,24,27)/b16-12+. The molecule has 0 saturated carbocycles. The van der Waals surface area contributed by atoms with E-state index < -0.39 is 11.8 Å². The molecular formula is C20H13BrN2O3S. The second-order valence-electron chi connectivity index (χ2n) is 5.47. The van der Waals surface area contributed by atoms with Crippen LogP contribution in [0.15, 0.2) is 58.6 Å². The molecule has 1 aliphatic heterocycles. The Kier molecular flexibility index (Phi) is 5.69. The Hall–Kier alpha value is -2.95. The molecule has 0 aliphatic carbocycles. The van der Waals surface area contributed by atoms with E-state index in [1.807, 2.05) is 6.07 Å². The summed E-state index contributed by atoms with van der Waals surface area (Å²) < 4.78 is 6.27. The first kappa shape index (κ1) is 18.8. The zero-order valence-electron chi connectivity index (χ0n) is 13.9.